The molecule has 0 radical (unpaired) electrons. The molecule has 236 valence electrons. The molecule has 1 heterocycles. The molecule has 1 N–H and O–H groups in total. The third-order valence-corrected chi connectivity index (χ3v) is 8.96. The van der Waals surface area contributed by atoms with Crippen molar-refractivity contribution in [3.63, 3.8) is 0 Å². The topological polar surface area (TPSA) is 105 Å². The Labute approximate surface area is 269 Å². The van der Waals surface area contributed by atoms with E-state index in [4.69, 9.17) is 32.7 Å². The maximum atomic E-state index is 14.0. The number of carbonyl (C=O) groups is 2. The molecule has 2 amide bonds. The van der Waals surface area contributed by atoms with Crippen LogP contribution in [-0.4, -0.2) is 63.2 Å². The highest BCUT2D eigenvalue weighted by Crippen LogP contribution is 2.35. The van der Waals surface area contributed by atoms with E-state index in [-0.39, 0.29) is 50.2 Å². The van der Waals surface area contributed by atoms with Gasteiger partial charge >= 0.3 is 0 Å². The van der Waals surface area contributed by atoms with Crippen molar-refractivity contribution in [3.8, 4) is 11.5 Å². The van der Waals surface area contributed by atoms with E-state index in [1.54, 1.807) is 36.4 Å². The van der Waals surface area contributed by atoms with Gasteiger partial charge in [-0.3, -0.25) is 13.9 Å². The minimum absolute atomic E-state index is 0.00168. The van der Waals surface area contributed by atoms with Gasteiger partial charge in [-0.05, 0) is 50.1 Å². The number of anilines is 1. The quantitative estimate of drug-likeness (QED) is 0.260. The Morgan fingerprint density at radius 2 is 1.59 bits per heavy atom. The van der Waals surface area contributed by atoms with Gasteiger partial charge in [-0.15, -0.1) is 0 Å². The van der Waals surface area contributed by atoms with Crippen LogP contribution in [-0.2, 0) is 32.6 Å². The Balaban J connectivity index is 1.61. The van der Waals surface area contributed by atoms with Gasteiger partial charge in [0.25, 0.3) is 0 Å². The Kier molecular flexibility index (Phi) is 11.4. The molecule has 0 fully saturated rings. The Morgan fingerprint density at radius 1 is 0.932 bits per heavy atom. The molecular weight excluding hydrogens is 625 g/mol. The molecule has 1 aliphatic heterocycles. The summed E-state index contributed by atoms with van der Waals surface area (Å²) >= 11 is 13.0. The highest BCUT2D eigenvalue weighted by Gasteiger charge is 2.32. The summed E-state index contributed by atoms with van der Waals surface area (Å²) < 4.78 is 38.0. The van der Waals surface area contributed by atoms with Crippen molar-refractivity contribution < 1.29 is 27.5 Å². The van der Waals surface area contributed by atoms with Crippen LogP contribution in [0.2, 0.25) is 10.0 Å². The zero-order valence-corrected chi connectivity index (χ0v) is 27.3. The van der Waals surface area contributed by atoms with Crippen LogP contribution in [0.15, 0.2) is 66.7 Å². The molecule has 9 nitrogen and oxygen atoms in total. The number of hydrogen-bond donors (Lipinski definition) is 1. The zero-order chi connectivity index (χ0) is 31.9. The third kappa shape index (κ3) is 8.80. The lowest BCUT2D eigenvalue weighted by atomic mass is 10.0. The lowest BCUT2D eigenvalue weighted by molar-refractivity contribution is -0.141. The van der Waals surface area contributed by atoms with Crippen LogP contribution >= 0.6 is 23.2 Å². The molecule has 44 heavy (non-hydrogen) atoms. The standard InChI is InChI=1S/C32H37Cl2N3O6S/c1-22(2)35-32(39)28(19-23-9-5-4-6-10-23)36(21-25-26(33)11-7-12-27(25)34)31(38)13-8-16-37(44(3,40)41)24-14-15-29-30(20-24)43-18-17-42-29/h4-7,9-12,14-15,20,22,28H,8,13,16-19,21H2,1-3H3,(H,35,39). The van der Waals surface area contributed by atoms with Gasteiger partial charge in [0.05, 0.1) is 11.9 Å². The number of rotatable bonds is 13. The van der Waals surface area contributed by atoms with Gasteiger partial charge in [0, 0.05) is 53.6 Å². The van der Waals surface area contributed by atoms with Crippen LogP contribution in [0.25, 0.3) is 0 Å². The van der Waals surface area contributed by atoms with Crippen molar-refractivity contribution in [2.24, 2.45) is 0 Å². The highest BCUT2D eigenvalue weighted by atomic mass is 35.5. The van der Waals surface area contributed by atoms with Crippen LogP contribution < -0.4 is 19.1 Å². The molecule has 0 aliphatic carbocycles. The number of amides is 2. The van der Waals surface area contributed by atoms with Gasteiger partial charge in [0.15, 0.2) is 11.5 Å². The number of ether oxygens (including phenoxy) is 2. The highest BCUT2D eigenvalue weighted by molar-refractivity contribution is 7.92. The second kappa shape index (κ2) is 15.0. The first kappa shape index (κ1) is 33.4. The number of fused-ring (bicyclic) bond motifs is 1. The average Bonchev–Trinajstić information content (AvgIpc) is 2.97. The van der Waals surface area contributed by atoms with E-state index < -0.39 is 16.1 Å². The Hall–Kier alpha value is -3.47. The van der Waals surface area contributed by atoms with Crippen LogP contribution in [0.4, 0.5) is 5.69 Å². The number of nitrogens with zero attached hydrogens (tertiary/aromatic N) is 2. The molecule has 1 atom stereocenters. The van der Waals surface area contributed by atoms with Gasteiger partial charge in [0.1, 0.15) is 19.3 Å². The first-order valence-electron chi connectivity index (χ1n) is 14.4. The van der Waals surface area contributed by atoms with E-state index in [9.17, 15) is 18.0 Å². The van der Waals surface area contributed by atoms with Gasteiger partial charge in [-0.1, -0.05) is 59.6 Å². The molecule has 0 saturated heterocycles. The second-order valence-electron chi connectivity index (χ2n) is 10.9. The molecule has 0 spiro atoms. The summed E-state index contributed by atoms with van der Waals surface area (Å²) in [6, 6.07) is 18.4. The summed E-state index contributed by atoms with van der Waals surface area (Å²) in [5.41, 5.74) is 1.80. The molecule has 0 aromatic heterocycles. The summed E-state index contributed by atoms with van der Waals surface area (Å²) in [5.74, 6) is 0.355. The molecule has 3 aromatic carbocycles. The summed E-state index contributed by atoms with van der Waals surface area (Å²) in [6.45, 7) is 4.52. The molecule has 1 unspecified atom stereocenters. The first-order valence-corrected chi connectivity index (χ1v) is 17.0. The number of sulfonamides is 1. The maximum absolute atomic E-state index is 14.0. The number of carbonyl (C=O) groups excluding carboxylic acids is 2. The normalized spacial score (nSPS) is 13.3. The molecule has 3 aromatic rings. The van der Waals surface area contributed by atoms with Crippen LogP contribution in [0.3, 0.4) is 0 Å². The predicted molar refractivity (Wildman–Crippen MR) is 173 cm³/mol. The van der Waals surface area contributed by atoms with Gasteiger partial charge in [-0.25, -0.2) is 8.42 Å². The van der Waals surface area contributed by atoms with Crippen molar-refractivity contribution in [1.29, 1.82) is 0 Å². The molecule has 0 saturated carbocycles. The minimum atomic E-state index is -3.69. The number of halogens is 2. The fourth-order valence-corrected chi connectivity index (χ4v) is 6.45. The van der Waals surface area contributed by atoms with E-state index in [2.05, 4.69) is 5.32 Å². The fourth-order valence-electron chi connectivity index (χ4n) is 4.98. The SMILES string of the molecule is CC(C)NC(=O)C(Cc1ccccc1)N(Cc1c(Cl)cccc1Cl)C(=O)CCCN(c1ccc2c(c1)OCCO2)S(C)(=O)=O. The van der Waals surface area contributed by atoms with Crippen molar-refractivity contribution in [2.45, 2.75) is 51.7 Å². The van der Waals surface area contributed by atoms with Gasteiger partial charge in [0.2, 0.25) is 21.8 Å². The third-order valence-electron chi connectivity index (χ3n) is 7.06. The zero-order valence-electron chi connectivity index (χ0n) is 25.0. The van der Waals surface area contributed by atoms with Gasteiger partial charge < -0.3 is 19.7 Å². The van der Waals surface area contributed by atoms with Crippen LogP contribution in [0.1, 0.15) is 37.8 Å². The van der Waals surface area contributed by atoms with Crippen LogP contribution in [0.5, 0.6) is 11.5 Å². The Morgan fingerprint density at radius 3 is 2.23 bits per heavy atom. The van der Waals surface area contributed by atoms with E-state index in [0.29, 0.717) is 46.0 Å². The summed E-state index contributed by atoms with van der Waals surface area (Å²) in [4.78, 5) is 29.1. The molecule has 1 aliphatic rings. The maximum Gasteiger partial charge on any atom is 0.243 e. The van der Waals surface area contributed by atoms with Crippen molar-refractivity contribution in [3.05, 3.63) is 87.9 Å². The Bertz CT molecular complexity index is 1550. The molecule has 12 heteroatoms. The number of hydrogen-bond acceptors (Lipinski definition) is 6. The van der Waals surface area contributed by atoms with E-state index in [1.165, 1.54) is 9.21 Å². The second-order valence-corrected chi connectivity index (χ2v) is 13.6. The monoisotopic (exact) mass is 661 g/mol. The summed E-state index contributed by atoms with van der Waals surface area (Å²) in [7, 11) is -3.69. The molecule has 0 bridgehead atoms. The number of nitrogens with one attached hydrogen (secondary N) is 1. The van der Waals surface area contributed by atoms with E-state index in [0.717, 1.165) is 11.8 Å². The van der Waals surface area contributed by atoms with Crippen LogP contribution in [0, 0.1) is 0 Å². The lowest BCUT2D eigenvalue weighted by Crippen LogP contribution is -2.52. The smallest absolute Gasteiger partial charge is 0.243 e. The summed E-state index contributed by atoms with van der Waals surface area (Å²) in [6.07, 6.45) is 1.54. The molecular formula is C32H37Cl2N3O6S. The largest absolute Gasteiger partial charge is 0.486 e. The average molecular weight is 663 g/mol. The van der Waals surface area contributed by atoms with Crippen molar-refractivity contribution >= 4 is 50.7 Å². The number of benzene rings is 3. The summed E-state index contributed by atoms with van der Waals surface area (Å²) in [5, 5.41) is 3.70. The van der Waals surface area contributed by atoms with Crippen molar-refractivity contribution in [1.82, 2.24) is 10.2 Å². The fraction of sp³-hybridized carbons (Fsp3) is 0.375. The first-order chi connectivity index (χ1) is 20.9. The predicted octanol–water partition coefficient (Wildman–Crippen LogP) is 5.48. The molecule has 4 rings (SSSR count). The van der Waals surface area contributed by atoms with E-state index in [1.807, 2.05) is 44.2 Å². The van der Waals surface area contributed by atoms with Crippen molar-refractivity contribution in [2.75, 3.05) is 30.3 Å². The lowest BCUT2D eigenvalue weighted by Gasteiger charge is -2.33. The van der Waals surface area contributed by atoms with Gasteiger partial charge in [-0.2, -0.15) is 0 Å². The minimum Gasteiger partial charge on any atom is -0.486 e. The van der Waals surface area contributed by atoms with E-state index >= 15 is 0 Å².